The molecule has 4 nitrogen and oxygen atoms in total. The van der Waals surface area contributed by atoms with Gasteiger partial charge in [-0.1, -0.05) is 19.9 Å². The molecule has 0 aliphatic carbocycles. The predicted octanol–water partition coefficient (Wildman–Crippen LogP) is 2.28. The van der Waals surface area contributed by atoms with Crippen LogP contribution in [0.5, 0.6) is 0 Å². The molecule has 96 valence electrons. The molecule has 0 aromatic heterocycles. The smallest absolute Gasteiger partial charge is 0.222 e. The summed E-state index contributed by atoms with van der Waals surface area (Å²) in [6.07, 6.45) is 4.85. The third-order valence-electron chi connectivity index (χ3n) is 2.97. The standard InChI is InChI=1S/C13H23N3O/c1-4-11(2)14-15-12(3)10-16-9-7-5-6-8-13(16)17/h15H,3-10H2,1-2H3/b14-11-. The van der Waals surface area contributed by atoms with Crippen LogP contribution in [-0.4, -0.2) is 29.6 Å². The number of hydrogen-bond donors (Lipinski definition) is 1. The third kappa shape index (κ3) is 5.02. The van der Waals surface area contributed by atoms with E-state index in [0.717, 1.165) is 43.6 Å². The van der Waals surface area contributed by atoms with Crippen molar-refractivity contribution in [1.29, 1.82) is 0 Å². The second-order valence-corrected chi connectivity index (χ2v) is 4.54. The van der Waals surface area contributed by atoms with Crippen LogP contribution in [-0.2, 0) is 4.79 Å². The van der Waals surface area contributed by atoms with Crippen LogP contribution in [0.15, 0.2) is 17.4 Å². The van der Waals surface area contributed by atoms with Gasteiger partial charge in [-0.2, -0.15) is 5.10 Å². The van der Waals surface area contributed by atoms with Gasteiger partial charge in [-0.15, -0.1) is 0 Å². The van der Waals surface area contributed by atoms with Crippen LogP contribution in [0.2, 0.25) is 0 Å². The number of likely N-dealkylation sites (tertiary alicyclic amines) is 1. The minimum Gasteiger partial charge on any atom is -0.337 e. The number of carbonyl (C=O) groups excluding carboxylic acids is 1. The van der Waals surface area contributed by atoms with Crippen molar-refractivity contribution >= 4 is 11.6 Å². The number of amides is 1. The minimum atomic E-state index is 0.238. The monoisotopic (exact) mass is 237 g/mol. The lowest BCUT2D eigenvalue weighted by molar-refractivity contribution is -0.130. The summed E-state index contributed by atoms with van der Waals surface area (Å²) in [6.45, 7) is 9.35. The Kier molecular flexibility index (Phi) is 5.73. The molecule has 1 heterocycles. The molecule has 1 N–H and O–H groups in total. The fourth-order valence-corrected chi connectivity index (χ4v) is 1.73. The first kappa shape index (κ1) is 13.7. The summed E-state index contributed by atoms with van der Waals surface area (Å²) in [5.41, 5.74) is 4.74. The zero-order valence-corrected chi connectivity index (χ0v) is 11.0. The summed E-state index contributed by atoms with van der Waals surface area (Å²) in [5.74, 6) is 0.238. The van der Waals surface area contributed by atoms with E-state index < -0.39 is 0 Å². The average Bonchev–Trinajstić information content (AvgIpc) is 2.52. The first-order valence-corrected chi connectivity index (χ1v) is 6.38. The van der Waals surface area contributed by atoms with Crippen LogP contribution in [0.3, 0.4) is 0 Å². The van der Waals surface area contributed by atoms with Gasteiger partial charge >= 0.3 is 0 Å². The zero-order valence-electron chi connectivity index (χ0n) is 11.0. The number of nitrogens with one attached hydrogen (secondary N) is 1. The van der Waals surface area contributed by atoms with Crippen molar-refractivity contribution in [3.05, 3.63) is 12.3 Å². The number of hydrazone groups is 1. The van der Waals surface area contributed by atoms with Crippen LogP contribution in [0, 0.1) is 0 Å². The number of nitrogens with zero attached hydrogens (tertiary/aromatic N) is 2. The normalized spacial score (nSPS) is 17.9. The molecule has 1 rings (SSSR count). The Morgan fingerprint density at radius 2 is 2.24 bits per heavy atom. The third-order valence-corrected chi connectivity index (χ3v) is 2.97. The first-order valence-electron chi connectivity index (χ1n) is 6.38. The summed E-state index contributed by atoms with van der Waals surface area (Å²) in [4.78, 5) is 13.6. The lowest BCUT2D eigenvalue weighted by atomic mass is 10.2. The molecule has 0 spiro atoms. The lowest BCUT2D eigenvalue weighted by Crippen LogP contribution is -2.34. The number of hydrogen-bond acceptors (Lipinski definition) is 3. The van der Waals surface area contributed by atoms with Gasteiger partial charge < -0.3 is 4.90 Å². The highest BCUT2D eigenvalue weighted by atomic mass is 16.2. The first-order chi connectivity index (χ1) is 8.13. The summed E-state index contributed by atoms with van der Waals surface area (Å²) in [6, 6.07) is 0. The topological polar surface area (TPSA) is 44.7 Å². The second-order valence-electron chi connectivity index (χ2n) is 4.54. The van der Waals surface area contributed by atoms with Gasteiger partial charge in [0.25, 0.3) is 0 Å². The van der Waals surface area contributed by atoms with Gasteiger partial charge in [-0.3, -0.25) is 10.2 Å². The molecule has 1 aliphatic rings. The van der Waals surface area contributed by atoms with E-state index in [4.69, 9.17) is 0 Å². The molecule has 0 saturated carbocycles. The van der Waals surface area contributed by atoms with Gasteiger partial charge in [-0.25, -0.2) is 0 Å². The molecule has 0 atom stereocenters. The minimum absolute atomic E-state index is 0.238. The quantitative estimate of drug-likeness (QED) is 0.589. The molecule has 0 unspecified atom stereocenters. The van der Waals surface area contributed by atoms with E-state index in [-0.39, 0.29) is 5.91 Å². The Balaban J connectivity index is 2.41. The van der Waals surface area contributed by atoms with E-state index >= 15 is 0 Å². The largest absolute Gasteiger partial charge is 0.337 e. The van der Waals surface area contributed by atoms with Crippen LogP contribution in [0.25, 0.3) is 0 Å². The Labute approximate surface area is 104 Å². The Hall–Kier alpha value is -1.32. The number of rotatable bonds is 5. The average molecular weight is 237 g/mol. The van der Waals surface area contributed by atoms with Gasteiger partial charge in [0.05, 0.1) is 6.54 Å². The van der Waals surface area contributed by atoms with Crippen LogP contribution in [0.1, 0.15) is 46.0 Å². The highest BCUT2D eigenvalue weighted by Gasteiger charge is 2.16. The molecule has 17 heavy (non-hydrogen) atoms. The molecule has 1 saturated heterocycles. The molecular formula is C13H23N3O. The highest BCUT2D eigenvalue weighted by molar-refractivity contribution is 5.81. The van der Waals surface area contributed by atoms with E-state index in [0.29, 0.717) is 13.0 Å². The van der Waals surface area contributed by atoms with Gasteiger partial charge in [0.15, 0.2) is 0 Å². The van der Waals surface area contributed by atoms with E-state index in [1.54, 1.807) is 0 Å². The van der Waals surface area contributed by atoms with Gasteiger partial charge in [0.1, 0.15) is 0 Å². The van der Waals surface area contributed by atoms with Crippen molar-refractivity contribution in [1.82, 2.24) is 10.3 Å². The Bertz CT molecular complexity index is 310. The van der Waals surface area contributed by atoms with Crippen LogP contribution >= 0.6 is 0 Å². The van der Waals surface area contributed by atoms with Gasteiger partial charge in [0.2, 0.25) is 5.91 Å². The van der Waals surface area contributed by atoms with E-state index in [1.165, 1.54) is 0 Å². The molecule has 1 amide bonds. The summed E-state index contributed by atoms with van der Waals surface area (Å²) >= 11 is 0. The second kappa shape index (κ2) is 7.09. The SMILES string of the molecule is C=C(CN1CCCCCC1=O)N/N=C(/C)CC. The predicted molar refractivity (Wildman–Crippen MR) is 70.7 cm³/mol. The fourth-order valence-electron chi connectivity index (χ4n) is 1.73. The Morgan fingerprint density at radius 3 is 2.94 bits per heavy atom. The molecule has 0 radical (unpaired) electrons. The molecule has 4 heteroatoms. The highest BCUT2D eigenvalue weighted by Crippen LogP contribution is 2.11. The van der Waals surface area contributed by atoms with Gasteiger partial charge in [0, 0.05) is 24.4 Å². The zero-order chi connectivity index (χ0) is 12.7. The molecule has 0 aromatic rings. The molecule has 0 aromatic carbocycles. The van der Waals surface area contributed by atoms with Crippen molar-refractivity contribution in [2.45, 2.75) is 46.0 Å². The molecule has 1 fully saturated rings. The van der Waals surface area contributed by atoms with Crippen LogP contribution in [0.4, 0.5) is 0 Å². The van der Waals surface area contributed by atoms with Crippen LogP contribution < -0.4 is 5.43 Å². The number of carbonyl (C=O) groups is 1. The fraction of sp³-hybridized carbons (Fsp3) is 0.692. The summed E-state index contributed by atoms with van der Waals surface area (Å²) in [5, 5.41) is 4.19. The van der Waals surface area contributed by atoms with Crippen molar-refractivity contribution in [2.75, 3.05) is 13.1 Å². The maximum Gasteiger partial charge on any atom is 0.222 e. The van der Waals surface area contributed by atoms with E-state index in [9.17, 15) is 4.79 Å². The summed E-state index contributed by atoms with van der Waals surface area (Å²) in [7, 11) is 0. The maximum atomic E-state index is 11.8. The molecular weight excluding hydrogens is 214 g/mol. The Morgan fingerprint density at radius 1 is 1.47 bits per heavy atom. The van der Waals surface area contributed by atoms with Crippen molar-refractivity contribution in [2.24, 2.45) is 5.10 Å². The molecule has 0 bridgehead atoms. The van der Waals surface area contributed by atoms with Gasteiger partial charge in [-0.05, 0) is 26.2 Å². The van der Waals surface area contributed by atoms with E-state index in [1.807, 2.05) is 11.8 Å². The van der Waals surface area contributed by atoms with Crippen molar-refractivity contribution in [3.63, 3.8) is 0 Å². The van der Waals surface area contributed by atoms with E-state index in [2.05, 4.69) is 24.0 Å². The summed E-state index contributed by atoms with van der Waals surface area (Å²) < 4.78 is 0. The van der Waals surface area contributed by atoms with Crippen molar-refractivity contribution < 1.29 is 4.79 Å². The van der Waals surface area contributed by atoms with Crippen molar-refractivity contribution in [3.8, 4) is 0 Å². The lowest BCUT2D eigenvalue weighted by Gasteiger charge is -2.21. The molecule has 1 aliphatic heterocycles. The maximum absolute atomic E-state index is 11.8.